The molecule has 0 unspecified atom stereocenters. The summed E-state index contributed by atoms with van der Waals surface area (Å²) in [5.41, 5.74) is 0.699. The van der Waals surface area contributed by atoms with Crippen molar-refractivity contribution in [3.63, 3.8) is 0 Å². The van der Waals surface area contributed by atoms with Crippen LogP contribution in [0.15, 0.2) is 30.3 Å². The molecule has 1 rings (SSSR count). The number of aliphatic hydroxyl groups is 1. The Balaban J connectivity index is 2.53. The van der Waals surface area contributed by atoms with Gasteiger partial charge in [-0.1, -0.05) is 30.3 Å². The SMILES string of the molecule is O=C(NCCC(O)(P(=O)(O)O)P(=O)(O)O)OCc1ccccc1. The molecule has 0 fully saturated rings. The second-order valence-corrected chi connectivity index (χ2v) is 8.61. The first-order valence-electron chi connectivity index (χ1n) is 6.25. The summed E-state index contributed by atoms with van der Waals surface area (Å²) in [6, 6.07) is 8.64. The molecule has 0 radical (unpaired) electrons. The van der Waals surface area contributed by atoms with Crippen molar-refractivity contribution in [1.82, 2.24) is 5.32 Å². The van der Waals surface area contributed by atoms with E-state index in [0.29, 0.717) is 5.56 Å². The Hall–Kier alpha value is -1.25. The van der Waals surface area contributed by atoms with Crippen molar-refractivity contribution in [2.45, 2.75) is 18.1 Å². The Bertz CT molecular complexity index is 602. The standard InChI is InChI=1S/C11H17NO9P2/c13-10(21-8-9-4-2-1-3-5-9)12-7-6-11(14,22(15,16)17)23(18,19)20/h1-5,14H,6-8H2,(H,12,13)(H2,15,16,17)(H2,18,19,20). The average molecular weight is 369 g/mol. The molecule has 0 aliphatic carbocycles. The zero-order chi connectivity index (χ0) is 17.7. The van der Waals surface area contributed by atoms with Gasteiger partial charge in [0.2, 0.25) is 0 Å². The maximum atomic E-state index is 11.4. The lowest BCUT2D eigenvalue weighted by atomic mass is 10.2. The molecule has 1 aromatic carbocycles. The van der Waals surface area contributed by atoms with Gasteiger partial charge in [-0.3, -0.25) is 9.13 Å². The first-order chi connectivity index (χ1) is 10.5. The fourth-order valence-corrected chi connectivity index (χ4v) is 3.73. The number of benzene rings is 1. The highest BCUT2D eigenvalue weighted by atomic mass is 31.2. The van der Waals surface area contributed by atoms with Crippen molar-refractivity contribution < 1.29 is 43.3 Å². The summed E-state index contributed by atoms with van der Waals surface area (Å²) in [6.45, 7) is -0.672. The Morgan fingerprint density at radius 2 is 1.61 bits per heavy atom. The number of hydrogen-bond acceptors (Lipinski definition) is 5. The lowest BCUT2D eigenvalue weighted by Gasteiger charge is -2.29. The van der Waals surface area contributed by atoms with Gasteiger partial charge in [0, 0.05) is 13.0 Å². The van der Waals surface area contributed by atoms with Crippen LogP contribution in [0.5, 0.6) is 0 Å². The summed E-state index contributed by atoms with van der Waals surface area (Å²) in [5, 5.41) is 8.07. The molecule has 1 amide bonds. The van der Waals surface area contributed by atoms with Crippen LogP contribution in [-0.2, 0) is 20.5 Å². The third-order valence-electron chi connectivity index (χ3n) is 2.88. The summed E-state index contributed by atoms with van der Waals surface area (Å²) in [7, 11) is -11.1. The Morgan fingerprint density at radius 1 is 1.09 bits per heavy atom. The lowest BCUT2D eigenvalue weighted by molar-refractivity contribution is 0.116. The molecule has 0 saturated heterocycles. The second kappa shape index (κ2) is 7.55. The van der Waals surface area contributed by atoms with Crippen molar-refractivity contribution in [1.29, 1.82) is 0 Å². The van der Waals surface area contributed by atoms with Crippen molar-refractivity contribution in [3.05, 3.63) is 35.9 Å². The number of ether oxygens (including phenoxy) is 1. The molecule has 0 bridgehead atoms. The molecule has 12 heteroatoms. The highest BCUT2D eigenvalue weighted by Crippen LogP contribution is 2.68. The van der Waals surface area contributed by atoms with Gasteiger partial charge in [0.15, 0.2) is 0 Å². The fourth-order valence-electron chi connectivity index (χ4n) is 1.57. The quantitative estimate of drug-likeness (QED) is 0.369. The maximum Gasteiger partial charge on any atom is 0.407 e. The van der Waals surface area contributed by atoms with E-state index in [1.165, 1.54) is 0 Å². The van der Waals surface area contributed by atoms with Crippen LogP contribution in [0.25, 0.3) is 0 Å². The number of carbonyl (C=O) groups is 1. The summed E-state index contributed by atoms with van der Waals surface area (Å²) in [6.07, 6.45) is -2.02. The first-order valence-corrected chi connectivity index (χ1v) is 9.48. The summed E-state index contributed by atoms with van der Waals surface area (Å²) in [5.74, 6) is 0. The van der Waals surface area contributed by atoms with E-state index in [1.807, 2.05) is 5.32 Å². The summed E-state index contributed by atoms with van der Waals surface area (Å²) >= 11 is 0. The van der Waals surface area contributed by atoms with Gasteiger partial charge in [-0.05, 0) is 5.56 Å². The normalized spacial score (nSPS) is 12.7. The summed E-state index contributed by atoms with van der Waals surface area (Å²) in [4.78, 5) is 47.1. The topological polar surface area (TPSA) is 174 Å². The van der Waals surface area contributed by atoms with Gasteiger partial charge in [0.05, 0.1) is 0 Å². The number of rotatable bonds is 7. The second-order valence-electron chi connectivity index (χ2n) is 4.60. The maximum absolute atomic E-state index is 11.4. The van der Waals surface area contributed by atoms with Crippen LogP contribution in [0.2, 0.25) is 0 Å². The minimum absolute atomic E-state index is 0.0616. The van der Waals surface area contributed by atoms with E-state index in [-0.39, 0.29) is 6.61 Å². The molecule has 0 spiro atoms. The zero-order valence-electron chi connectivity index (χ0n) is 11.8. The highest BCUT2D eigenvalue weighted by Gasteiger charge is 2.58. The molecule has 1 aromatic rings. The van der Waals surface area contributed by atoms with E-state index in [2.05, 4.69) is 0 Å². The smallest absolute Gasteiger partial charge is 0.407 e. The molecule has 10 nitrogen and oxygen atoms in total. The Kier molecular flexibility index (Phi) is 6.49. The highest BCUT2D eigenvalue weighted by molar-refractivity contribution is 7.72. The monoisotopic (exact) mass is 369 g/mol. The van der Waals surface area contributed by atoms with Crippen LogP contribution in [0.3, 0.4) is 0 Å². The molecule has 0 aliphatic heterocycles. The van der Waals surface area contributed by atoms with Gasteiger partial charge in [-0.2, -0.15) is 0 Å². The first kappa shape index (κ1) is 19.8. The molecular formula is C11H17NO9P2. The number of nitrogens with one attached hydrogen (secondary N) is 1. The third kappa shape index (κ3) is 5.40. The predicted molar refractivity (Wildman–Crippen MR) is 78.3 cm³/mol. The van der Waals surface area contributed by atoms with Crippen LogP contribution in [0.4, 0.5) is 4.79 Å². The minimum atomic E-state index is -5.53. The van der Waals surface area contributed by atoms with Crippen molar-refractivity contribution in [2.24, 2.45) is 0 Å². The number of carbonyl (C=O) groups excluding carboxylic acids is 1. The van der Waals surface area contributed by atoms with E-state index in [9.17, 15) is 19.0 Å². The molecule has 0 aromatic heterocycles. The van der Waals surface area contributed by atoms with Crippen LogP contribution in [-0.4, -0.2) is 42.4 Å². The number of amides is 1. The van der Waals surface area contributed by atoms with Crippen LogP contribution in [0, 0.1) is 0 Å². The van der Waals surface area contributed by atoms with E-state index >= 15 is 0 Å². The fraction of sp³-hybridized carbons (Fsp3) is 0.364. The van der Waals surface area contributed by atoms with E-state index in [1.54, 1.807) is 30.3 Å². The van der Waals surface area contributed by atoms with Gasteiger partial charge in [-0.15, -0.1) is 0 Å². The van der Waals surface area contributed by atoms with Crippen LogP contribution >= 0.6 is 15.2 Å². The third-order valence-corrected chi connectivity index (χ3v) is 6.75. The van der Waals surface area contributed by atoms with E-state index in [0.717, 1.165) is 0 Å². The predicted octanol–water partition coefficient (Wildman–Crippen LogP) is 0.304. The van der Waals surface area contributed by atoms with Gasteiger partial charge in [-0.25, -0.2) is 4.79 Å². The lowest BCUT2D eigenvalue weighted by Crippen LogP contribution is -2.35. The van der Waals surface area contributed by atoms with E-state index in [4.69, 9.17) is 24.3 Å². The minimum Gasteiger partial charge on any atom is -0.445 e. The molecule has 6 N–H and O–H groups in total. The summed E-state index contributed by atoms with van der Waals surface area (Å²) < 4.78 is 27.0. The molecule has 0 heterocycles. The molecule has 0 aliphatic rings. The number of hydrogen-bond donors (Lipinski definition) is 6. The van der Waals surface area contributed by atoms with Gasteiger partial charge < -0.3 is 34.7 Å². The Labute approximate surface area is 131 Å². The average Bonchev–Trinajstić information content (AvgIpc) is 2.43. The van der Waals surface area contributed by atoms with Crippen molar-refractivity contribution in [3.8, 4) is 0 Å². The van der Waals surface area contributed by atoms with Crippen LogP contribution < -0.4 is 5.32 Å². The molecule has 23 heavy (non-hydrogen) atoms. The number of alkyl carbamates (subject to hydrolysis) is 1. The molecule has 0 saturated carbocycles. The largest absolute Gasteiger partial charge is 0.445 e. The van der Waals surface area contributed by atoms with E-state index < -0.39 is 39.3 Å². The molecular weight excluding hydrogens is 352 g/mol. The van der Waals surface area contributed by atoms with Gasteiger partial charge >= 0.3 is 21.3 Å². The molecule has 0 atom stereocenters. The Morgan fingerprint density at radius 3 is 2.09 bits per heavy atom. The van der Waals surface area contributed by atoms with Crippen molar-refractivity contribution >= 4 is 21.3 Å². The zero-order valence-corrected chi connectivity index (χ0v) is 13.6. The molecule has 130 valence electrons. The van der Waals surface area contributed by atoms with Gasteiger partial charge in [0.25, 0.3) is 5.08 Å². The van der Waals surface area contributed by atoms with Crippen LogP contribution in [0.1, 0.15) is 12.0 Å². The van der Waals surface area contributed by atoms with Gasteiger partial charge in [0.1, 0.15) is 6.61 Å². The van der Waals surface area contributed by atoms with Crippen molar-refractivity contribution in [2.75, 3.05) is 6.54 Å².